The van der Waals surface area contributed by atoms with Gasteiger partial charge in [-0.25, -0.2) is 0 Å². The molecule has 0 saturated carbocycles. The molecule has 3 heteroatoms. The predicted molar refractivity (Wildman–Crippen MR) is 70.4 cm³/mol. The van der Waals surface area contributed by atoms with Crippen molar-refractivity contribution >= 4 is 11.8 Å². The van der Waals surface area contributed by atoms with Crippen molar-refractivity contribution in [1.82, 2.24) is 0 Å². The topological polar surface area (TPSA) is 54.4 Å². The highest BCUT2D eigenvalue weighted by Gasteiger charge is 2.29. The Morgan fingerprint density at radius 2 is 1.72 bits per heavy atom. The van der Waals surface area contributed by atoms with Crippen molar-refractivity contribution in [2.75, 3.05) is 0 Å². The number of Topliss-reactive ketones (excluding diaryl/α,β-unsaturated/α-hetero) is 1. The third-order valence-corrected chi connectivity index (χ3v) is 2.67. The van der Waals surface area contributed by atoms with E-state index in [0.717, 1.165) is 5.56 Å². The number of carbonyl (C=O) groups excluding carboxylic acids is 1. The van der Waals surface area contributed by atoms with Crippen LogP contribution in [0.1, 0.15) is 32.8 Å². The third-order valence-electron chi connectivity index (χ3n) is 2.67. The summed E-state index contributed by atoms with van der Waals surface area (Å²) in [5.41, 5.74) is 0.703. The number of benzene rings is 1. The van der Waals surface area contributed by atoms with E-state index in [0.29, 0.717) is 0 Å². The molecule has 0 spiro atoms. The molecule has 18 heavy (non-hydrogen) atoms. The number of hydrogen-bond donors (Lipinski definition) is 1. The molecule has 0 saturated heterocycles. The van der Waals surface area contributed by atoms with Crippen molar-refractivity contribution in [2.24, 2.45) is 11.3 Å². The molecule has 0 aliphatic heterocycles. The summed E-state index contributed by atoms with van der Waals surface area (Å²) in [6, 6.07) is 9.27. The molecule has 1 N–H and O–H groups in total. The van der Waals surface area contributed by atoms with E-state index in [1.807, 2.05) is 51.1 Å². The first-order valence-corrected chi connectivity index (χ1v) is 6.09. The van der Waals surface area contributed by atoms with Crippen LogP contribution in [0.5, 0.6) is 0 Å². The Morgan fingerprint density at radius 1 is 1.17 bits per heavy atom. The number of carboxylic acid groups (broad SMARTS) is 1. The second kappa shape index (κ2) is 5.80. The number of aliphatic carboxylic acids is 1. The second-order valence-corrected chi connectivity index (χ2v) is 5.78. The molecule has 0 fully saturated rings. The van der Waals surface area contributed by atoms with Gasteiger partial charge in [-0.05, 0) is 17.4 Å². The van der Waals surface area contributed by atoms with E-state index in [-0.39, 0.29) is 24.0 Å². The minimum absolute atomic E-state index is 0.179. The van der Waals surface area contributed by atoms with Crippen molar-refractivity contribution in [3.05, 3.63) is 35.9 Å². The first-order valence-electron chi connectivity index (χ1n) is 6.09. The van der Waals surface area contributed by atoms with E-state index in [1.54, 1.807) is 0 Å². The van der Waals surface area contributed by atoms with Crippen molar-refractivity contribution in [2.45, 2.75) is 33.6 Å². The van der Waals surface area contributed by atoms with Gasteiger partial charge in [-0.1, -0.05) is 51.1 Å². The maximum atomic E-state index is 12.0. The van der Waals surface area contributed by atoms with Gasteiger partial charge in [0, 0.05) is 6.42 Å². The minimum atomic E-state index is -1.03. The van der Waals surface area contributed by atoms with Gasteiger partial charge in [0.1, 0.15) is 11.7 Å². The monoisotopic (exact) mass is 248 g/mol. The first-order chi connectivity index (χ1) is 8.29. The zero-order chi connectivity index (χ0) is 13.8. The molecule has 0 amide bonds. The molecule has 3 nitrogen and oxygen atoms in total. The lowest BCUT2D eigenvalue weighted by Crippen LogP contribution is -2.29. The Hall–Kier alpha value is -1.64. The molecule has 98 valence electrons. The van der Waals surface area contributed by atoms with Gasteiger partial charge in [-0.15, -0.1) is 0 Å². The molecule has 1 rings (SSSR count). The molecular formula is C15H20O3. The molecule has 0 aliphatic carbocycles. The molecule has 1 unspecified atom stereocenters. The molecule has 0 aliphatic rings. The Labute approximate surface area is 108 Å². The van der Waals surface area contributed by atoms with Crippen LogP contribution in [0.3, 0.4) is 0 Å². The van der Waals surface area contributed by atoms with Crippen molar-refractivity contribution in [3.8, 4) is 0 Å². The van der Waals surface area contributed by atoms with Crippen LogP contribution in [0.25, 0.3) is 0 Å². The van der Waals surface area contributed by atoms with E-state index >= 15 is 0 Å². The van der Waals surface area contributed by atoms with Crippen LogP contribution in [-0.4, -0.2) is 16.9 Å². The van der Waals surface area contributed by atoms with Gasteiger partial charge in [-0.2, -0.15) is 0 Å². The van der Waals surface area contributed by atoms with Crippen LogP contribution in [0.2, 0.25) is 0 Å². The average molecular weight is 248 g/mol. The fraction of sp³-hybridized carbons (Fsp3) is 0.467. The molecule has 1 aromatic rings. The fourth-order valence-electron chi connectivity index (χ4n) is 1.83. The summed E-state index contributed by atoms with van der Waals surface area (Å²) in [5.74, 6) is -2.17. The van der Waals surface area contributed by atoms with Crippen molar-refractivity contribution in [1.29, 1.82) is 0 Å². The summed E-state index contributed by atoms with van der Waals surface area (Å²) in [7, 11) is 0. The van der Waals surface area contributed by atoms with Gasteiger partial charge >= 0.3 is 5.97 Å². The maximum absolute atomic E-state index is 12.0. The van der Waals surface area contributed by atoms with Crippen molar-refractivity contribution < 1.29 is 14.7 Å². The zero-order valence-corrected chi connectivity index (χ0v) is 11.1. The quantitative estimate of drug-likeness (QED) is 0.815. The fourth-order valence-corrected chi connectivity index (χ4v) is 1.83. The third kappa shape index (κ3) is 4.70. The Bertz CT molecular complexity index is 415. The molecule has 0 heterocycles. The summed E-state index contributed by atoms with van der Waals surface area (Å²) in [6.07, 6.45) is 0.557. The Kier molecular flexibility index (Phi) is 4.65. The van der Waals surface area contributed by atoms with Gasteiger partial charge in [0.2, 0.25) is 0 Å². The largest absolute Gasteiger partial charge is 0.481 e. The van der Waals surface area contributed by atoms with Crippen LogP contribution < -0.4 is 0 Å². The van der Waals surface area contributed by atoms with E-state index in [4.69, 9.17) is 0 Å². The molecule has 1 atom stereocenters. The highest BCUT2D eigenvalue weighted by atomic mass is 16.4. The number of hydrogen-bond acceptors (Lipinski definition) is 2. The molecule has 0 aromatic heterocycles. The number of rotatable bonds is 5. The highest BCUT2D eigenvalue weighted by Crippen LogP contribution is 2.23. The van der Waals surface area contributed by atoms with Gasteiger partial charge in [-0.3, -0.25) is 9.59 Å². The lowest BCUT2D eigenvalue weighted by molar-refractivity contribution is -0.146. The SMILES string of the molecule is CC(C)(C)CC(=O)C(Cc1ccccc1)C(=O)O. The molecule has 0 bridgehead atoms. The van der Waals surface area contributed by atoms with Crippen LogP contribution >= 0.6 is 0 Å². The second-order valence-electron chi connectivity index (χ2n) is 5.78. The number of carbonyl (C=O) groups is 2. The Balaban J connectivity index is 2.78. The smallest absolute Gasteiger partial charge is 0.314 e. The maximum Gasteiger partial charge on any atom is 0.314 e. The van der Waals surface area contributed by atoms with Crippen LogP contribution in [0, 0.1) is 11.3 Å². The number of carboxylic acids is 1. The molecule has 0 radical (unpaired) electrons. The van der Waals surface area contributed by atoms with Crippen molar-refractivity contribution in [3.63, 3.8) is 0 Å². The summed E-state index contributed by atoms with van der Waals surface area (Å²) in [5, 5.41) is 9.18. The van der Waals surface area contributed by atoms with Crippen LogP contribution in [-0.2, 0) is 16.0 Å². The lowest BCUT2D eigenvalue weighted by atomic mass is 9.83. The molecular weight excluding hydrogens is 228 g/mol. The molecule has 1 aromatic carbocycles. The summed E-state index contributed by atoms with van der Waals surface area (Å²) in [4.78, 5) is 23.2. The predicted octanol–water partition coefficient (Wildman–Crippen LogP) is 2.94. The standard InChI is InChI=1S/C15H20O3/c1-15(2,3)10-13(16)12(14(17)18)9-11-7-5-4-6-8-11/h4-8,12H,9-10H2,1-3H3,(H,17,18). The summed E-state index contributed by atoms with van der Waals surface area (Å²) in [6.45, 7) is 5.81. The van der Waals surface area contributed by atoms with E-state index in [9.17, 15) is 14.7 Å². The summed E-state index contributed by atoms with van der Waals surface area (Å²) >= 11 is 0. The number of ketones is 1. The lowest BCUT2D eigenvalue weighted by Gasteiger charge is -2.20. The Morgan fingerprint density at radius 3 is 2.17 bits per heavy atom. The van der Waals surface area contributed by atoms with E-state index in [2.05, 4.69) is 0 Å². The summed E-state index contributed by atoms with van der Waals surface area (Å²) < 4.78 is 0. The van der Waals surface area contributed by atoms with Gasteiger partial charge < -0.3 is 5.11 Å². The van der Waals surface area contributed by atoms with Crippen LogP contribution in [0.4, 0.5) is 0 Å². The zero-order valence-electron chi connectivity index (χ0n) is 11.1. The minimum Gasteiger partial charge on any atom is -0.481 e. The normalized spacial score (nSPS) is 13.1. The highest BCUT2D eigenvalue weighted by molar-refractivity contribution is 5.98. The van der Waals surface area contributed by atoms with Gasteiger partial charge in [0.15, 0.2) is 0 Å². The van der Waals surface area contributed by atoms with Gasteiger partial charge in [0.05, 0.1) is 0 Å². The van der Waals surface area contributed by atoms with E-state index < -0.39 is 11.9 Å². The average Bonchev–Trinajstić information content (AvgIpc) is 2.24. The van der Waals surface area contributed by atoms with E-state index in [1.165, 1.54) is 0 Å². The first kappa shape index (κ1) is 14.4. The van der Waals surface area contributed by atoms with Crippen LogP contribution in [0.15, 0.2) is 30.3 Å². The van der Waals surface area contributed by atoms with Gasteiger partial charge in [0.25, 0.3) is 0 Å².